The van der Waals surface area contributed by atoms with Crippen molar-refractivity contribution >= 4 is 17.4 Å². The highest BCUT2D eigenvalue weighted by molar-refractivity contribution is 6.46. The Hall–Kier alpha value is -3.72. The number of Topliss-reactive ketones (excluding diaryl/α,β-unsaturated/α-hetero) is 1. The Morgan fingerprint density at radius 1 is 0.947 bits per heavy atom. The van der Waals surface area contributed by atoms with Crippen LogP contribution in [-0.4, -0.2) is 79.2 Å². The number of likely N-dealkylation sites (N-methyl/N-ethyl adjacent to an activating group) is 1. The van der Waals surface area contributed by atoms with Crippen molar-refractivity contribution in [2.75, 3.05) is 52.6 Å². The van der Waals surface area contributed by atoms with E-state index in [1.807, 2.05) is 19.9 Å². The Labute approximate surface area is 223 Å². The number of ketones is 1. The van der Waals surface area contributed by atoms with Crippen LogP contribution in [0.4, 0.5) is 0 Å². The lowest BCUT2D eigenvalue weighted by molar-refractivity contribution is -0.140. The maximum absolute atomic E-state index is 13.4. The van der Waals surface area contributed by atoms with E-state index in [2.05, 4.69) is 18.7 Å². The summed E-state index contributed by atoms with van der Waals surface area (Å²) in [5, 5.41) is 11.5. The van der Waals surface area contributed by atoms with E-state index in [-0.39, 0.29) is 11.3 Å². The maximum Gasteiger partial charge on any atom is 0.295 e. The van der Waals surface area contributed by atoms with Crippen molar-refractivity contribution in [1.82, 2.24) is 9.80 Å². The molecule has 0 bridgehead atoms. The molecule has 2 heterocycles. The SMILES string of the molecule is CCOc1ccc(C2/C(=C(/O)c3ccc4c(c3)OCCO4)C(=O)C(=O)N2CCN(CC)CC)cc1OCC. The first-order chi connectivity index (χ1) is 18.4. The van der Waals surface area contributed by atoms with Gasteiger partial charge >= 0.3 is 0 Å². The molecule has 9 nitrogen and oxygen atoms in total. The molecule has 0 aliphatic carbocycles. The average molecular weight is 525 g/mol. The number of aliphatic hydroxyl groups excluding tert-OH is 1. The molecule has 4 rings (SSSR count). The summed E-state index contributed by atoms with van der Waals surface area (Å²) in [6.45, 7) is 12.1. The predicted molar refractivity (Wildman–Crippen MR) is 143 cm³/mol. The van der Waals surface area contributed by atoms with Crippen LogP contribution in [0.25, 0.3) is 5.76 Å². The molecular formula is C29H36N2O7. The minimum Gasteiger partial charge on any atom is -0.507 e. The van der Waals surface area contributed by atoms with Crippen molar-refractivity contribution in [2.45, 2.75) is 33.7 Å². The van der Waals surface area contributed by atoms with Crippen LogP contribution in [0, 0.1) is 0 Å². The lowest BCUT2D eigenvalue weighted by Crippen LogP contribution is -2.38. The molecule has 2 aromatic rings. The number of benzene rings is 2. The Balaban J connectivity index is 1.82. The third kappa shape index (κ3) is 5.43. The number of carbonyl (C=O) groups is 2. The summed E-state index contributed by atoms with van der Waals surface area (Å²) in [7, 11) is 0. The fourth-order valence-electron chi connectivity index (χ4n) is 4.83. The number of hydrogen-bond acceptors (Lipinski definition) is 8. The third-order valence-electron chi connectivity index (χ3n) is 6.79. The number of hydrogen-bond donors (Lipinski definition) is 1. The van der Waals surface area contributed by atoms with Crippen LogP contribution in [0.2, 0.25) is 0 Å². The molecule has 2 aromatic carbocycles. The van der Waals surface area contributed by atoms with Crippen molar-refractivity contribution in [2.24, 2.45) is 0 Å². The first-order valence-corrected chi connectivity index (χ1v) is 13.2. The van der Waals surface area contributed by atoms with Gasteiger partial charge in [-0.05, 0) is 62.8 Å². The first kappa shape index (κ1) is 27.3. The van der Waals surface area contributed by atoms with E-state index in [0.29, 0.717) is 73.6 Å². The second-order valence-corrected chi connectivity index (χ2v) is 8.95. The molecule has 0 aromatic heterocycles. The number of aliphatic hydroxyl groups is 1. The van der Waals surface area contributed by atoms with Gasteiger partial charge in [0.25, 0.3) is 11.7 Å². The number of nitrogens with zero attached hydrogens (tertiary/aromatic N) is 2. The molecule has 0 spiro atoms. The lowest BCUT2D eigenvalue weighted by atomic mass is 9.94. The van der Waals surface area contributed by atoms with E-state index >= 15 is 0 Å². The van der Waals surface area contributed by atoms with Crippen molar-refractivity contribution in [3.63, 3.8) is 0 Å². The van der Waals surface area contributed by atoms with Crippen molar-refractivity contribution in [3.8, 4) is 23.0 Å². The van der Waals surface area contributed by atoms with Gasteiger partial charge in [0, 0.05) is 18.7 Å². The molecule has 1 N–H and O–H groups in total. The van der Waals surface area contributed by atoms with E-state index in [4.69, 9.17) is 18.9 Å². The van der Waals surface area contributed by atoms with Gasteiger partial charge in [0.2, 0.25) is 0 Å². The lowest BCUT2D eigenvalue weighted by Gasteiger charge is -2.28. The van der Waals surface area contributed by atoms with Gasteiger partial charge in [-0.15, -0.1) is 0 Å². The van der Waals surface area contributed by atoms with E-state index in [0.717, 1.165) is 13.1 Å². The summed E-state index contributed by atoms with van der Waals surface area (Å²) >= 11 is 0. The topological polar surface area (TPSA) is 97.8 Å². The second-order valence-electron chi connectivity index (χ2n) is 8.95. The summed E-state index contributed by atoms with van der Waals surface area (Å²) in [5.41, 5.74) is 1.05. The van der Waals surface area contributed by atoms with Crippen LogP contribution in [-0.2, 0) is 9.59 Å². The average Bonchev–Trinajstić information content (AvgIpc) is 3.19. The van der Waals surface area contributed by atoms with Gasteiger partial charge in [0.1, 0.15) is 19.0 Å². The van der Waals surface area contributed by atoms with Crippen LogP contribution < -0.4 is 18.9 Å². The molecule has 1 atom stereocenters. The number of likely N-dealkylation sites (tertiary alicyclic amines) is 1. The van der Waals surface area contributed by atoms with E-state index in [9.17, 15) is 14.7 Å². The predicted octanol–water partition coefficient (Wildman–Crippen LogP) is 4.02. The maximum atomic E-state index is 13.4. The molecule has 38 heavy (non-hydrogen) atoms. The second kappa shape index (κ2) is 12.2. The number of rotatable bonds is 11. The minimum absolute atomic E-state index is 0.0258. The molecule has 1 saturated heterocycles. The zero-order valence-electron chi connectivity index (χ0n) is 22.5. The van der Waals surface area contributed by atoms with E-state index in [1.54, 1.807) is 30.3 Å². The Morgan fingerprint density at radius 2 is 1.63 bits per heavy atom. The van der Waals surface area contributed by atoms with Crippen LogP contribution in [0.3, 0.4) is 0 Å². The molecule has 1 unspecified atom stereocenters. The van der Waals surface area contributed by atoms with Gasteiger partial charge in [0.15, 0.2) is 23.0 Å². The summed E-state index contributed by atoms with van der Waals surface area (Å²) in [6, 6.07) is 9.56. The van der Waals surface area contributed by atoms with E-state index in [1.165, 1.54) is 4.90 Å². The molecule has 2 aliphatic heterocycles. The van der Waals surface area contributed by atoms with Crippen molar-refractivity contribution in [1.29, 1.82) is 0 Å². The number of fused-ring (bicyclic) bond motifs is 1. The van der Waals surface area contributed by atoms with Crippen LogP contribution in [0.1, 0.15) is 44.9 Å². The fourth-order valence-corrected chi connectivity index (χ4v) is 4.83. The molecule has 0 saturated carbocycles. The smallest absolute Gasteiger partial charge is 0.295 e. The first-order valence-electron chi connectivity index (χ1n) is 13.2. The molecular weight excluding hydrogens is 488 g/mol. The Morgan fingerprint density at radius 3 is 2.32 bits per heavy atom. The molecule has 1 fully saturated rings. The van der Waals surface area contributed by atoms with Crippen LogP contribution in [0.5, 0.6) is 23.0 Å². The van der Waals surface area contributed by atoms with Gasteiger partial charge in [-0.3, -0.25) is 9.59 Å². The van der Waals surface area contributed by atoms with Gasteiger partial charge in [-0.2, -0.15) is 0 Å². The monoisotopic (exact) mass is 524 g/mol. The van der Waals surface area contributed by atoms with Crippen molar-refractivity contribution < 1.29 is 33.6 Å². The Bertz CT molecular complexity index is 1210. The number of carbonyl (C=O) groups excluding carboxylic acids is 2. The minimum atomic E-state index is -0.798. The highest BCUT2D eigenvalue weighted by Crippen LogP contribution is 2.43. The number of ether oxygens (including phenoxy) is 4. The molecule has 9 heteroatoms. The summed E-state index contributed by atoms with van der Waals surface area (Å²) in [4.78, 5) is 30.5. The van der Waals surface area contributed by atoms with Crippen molar-refractivity contribution in [3.05, 3.63) is 53.1 Å². The summed E-state index contributed by atoms with van der Waals surface area (Å²) < 4.78 is 22.8. The highest BCUT2D eigenvalue weighted by atomic mass is 16.6. The zero-order valence-corrected chi connectivity index (χ0v) is 22.5. The van der Waals surface area contributed by atoms with Crippen LogP contribution >= 0.6 is 0 Å². The molecule has 1 amide bonds. The normalized spacial score (nSPS) is 18.2. The standard InChI is InChI=1S/C29H36N2O7/c1-5-30(6-2)13-14-31-26(19-9-11-21(35-7-3)23(17-19)36-8-4)25(28(33)29(31)34)27(32)20-10-12-22-24(18-20)38-16-15-37-22/h9-12,17-18,26,32H,5-8,13-16H2,1-4H3/b27-25-. The zero-order chi connectivity index (χ0) is 27.2. The highest BCUT2D eigenvalue weighted by Gasteiger charge is 2.46. The molecule has 204 valence electrons. The summed E-state index contributed by atoms with van der Waals surface area (Å²) in [6.07, 6.45) is 0. The quantitative estimate of drug-likeness (QED) is 0.268. The van der Waals surface area contributed by atoms with Gasteiger partial charge in [-0.25, -0.2) is 0 Å². The fraction of sp³-hybridized carbons (Fsp3) is 0.448. The molecule has 0 radical (unpaired) electrons. The summed E-state index contributed by atoms with van der Waals surface area (Å²) in [5.74, 6) is 0.499. The Kier molecular flexibility index (Phi) is 8.78. The van der Waals surface area contributed by atoms with E-state index < -0.39 is 17.7 Å². The largest absolute Gasteiger partial charge is 0.507 e. The van der Waals surface area contributed by atoms with Gasteiger partial charge in [0.05, 0.1) is 24.8 Å². The van der Waals surface area contributed by atoms with Crippen LogP contribution in [0.15, 0.2) is 42.0 Å². The number of amides is 1. The molecule has 2 aliphatic rings. The van der Waals surface area contributed by atoms with Gasteiger partial charge < -0.3 is 33.9 Å². The van der Waals surface area contributed by atoms with Gasteiger partial charge in [-0.1, -0.05) is 19.9 Å². The third-order valence-corrected chi connectivity index (χ3v) is 6.79.